The van der Waals surface area contributed by atoms with E-state index in [0.29, 0.717) is 23.8 Å². The van der Waals surface area contributed by atoms with Crippen LogP contribution in [0.4, 0.5) is 0 Å². The van der Waals surface area contributed by atoms with E-state index >= 15 is 0 Å². The van der Waals surface area contributed by atoms with E-state index in [-0.39, 0.29) is 24.4 Å². The predicted molar refractivity (Wildman–Crippen MR) is 92.5 cm³/mol. The molecule has 0 saturated heterocycles. The number of halogens is 1. The van der Waals surface area contributed by atoms with Gasteiger partial charge in [0.05, 0.1) is 18.2 Å². The van der Waals surface area contributed by atoms with Crippen LogP contribution in [0.1, 0.15) is 53.4 Å². The van der Waals surface area contributed by atoms with Gasteiger partial charge in [-0.15, -0.1) is 12.4 Å². The fourth-order valence-corrected chi connectivity index (χ4v) is 3.26. The summed E-state index contributed by atoms with van der Waals surface area (Å²) < 4.78 is 5.26. The Bertz CT molecular complexity index is 621. The number of hydrogen-bond acceptors (Lipinski definition) is 3. The first-order chi connectivity index (χ1) is 10.8. The highest BCUT2D eigenvalue weighted by molar-refractivity contribution is 5.94. The molecule has 4 nitrogen and oxygen atoms in total. The number of carbonyl (C=O) groups is 1. The van der Waals surface area contributed by atoms with E-state index in [0.717, 1.165) is 0 Å². The molecule has 1 heterocycles. The van der Waals surface area contributed by atoms with E-state index in [9.17, 15) is 4.79 Å². The summed E-state index contributed by atoms with van der Waals surface area (Å²) >= 11 is 0. The molecule has 1 fully saturated rings. The van der Waals surface area contributed by atoms with Crippen molar-refractivity contribution in [1.29, 1.82) is 0 Å². The maximum absolute atomic E-state index is 12.5. The molecule has 1 aromatic heterocycles. The molecule has 0 spiro atoms. The molecule has 2 aromatic rings. The number of furan rings is 1. The molecular formula is C18H23ClN2O2. The molecule has 1 aliphatic rings. The van der Waals surface area contributed by atoms with E-state index in [4.69, 9.17) is 10.2 Å². The molecule has 1 saturated carbocycles. The molecule has 1 amide bonds. The van der Waals surface area contributed by atoms with Gasteiger partial charge in [0.1, 0.15) is 12.0 Å². The highest BCUT2D eigenvalue weighted by Crippen LogP contribution is 2.35. The SMILES string of the molecule is Cl.NCc1cc(C(=O)NC(c2ccccc2)C2CCCC2)co1. The van der Waals surface area contributed by atoms with Crippen LogP contribution in [0.25, 0.3) is 0 Å². The number of nitrogens with two attached hydrogens (primary N) is 1. The lowest BCUT2D eigenvalue weighted by Crippen LogP contribution is -2.32. The second-order valence-corrected chi connectivity index (χ2v) is 5.91. The Morgan fingerprint density at radius 2 is 1.96 bits per heavy atom. The van der Waals surface area contributed by atoms with Gasteiger partial charge in [-0.3, -0.25) is 4.79 Å². The van der Waals surface area contributed by atoms with E-state index in [2.05, 4.69) is 17.4 Å². The van der Waals surface area contributed by atoms with E-state index in [1.54, 1.807) is 6.07 Å². The molecule has 124 valence electrons. The molecule has 0 bridgehead atoms. The molecule has 5 heteroatoms. The van der Waals surface area contributed by atoms with E-state index in [1.165, 1.54) is 37.5 Å². The molecule has 3 N–H and O–H groups in total. The van der Waals surface area contributed by atoms with E-state index in [1.807, 2.05) is 18.2 Å². The Balaban J connectivity index is 0.00000192. The standard InChI is InChI=1S/C18H22N2O2.ClH/c19-11-16-10-15(12-22-16)18(21)20-17(14-8-4-5-9-14)13-6-2-1-3-7-13;/h1-3,6-7,10,12,14,17H,4-5,8-9,11,19H2,(H,20,21);1H. The van der Waals surface area contributed by atoms with Gasteiger partial charge < -0.3 is 15.5 Å². The summed E-state index contributed by atoms with van der Waals surface area (Å²) in [5.74, 6) is 1.04. The lowest BCUT2D eigenvalue weighted by molar-refractivity contribution is 0.0921. The van der Waals surface area contributed by atoms with Crippen LogP contribution in [0.3, 0.4) is 0 Å². The number of nitrogens with one attached hydrogen (secondary N) is 1. The molecule has 1 unspecified atom stereocenters. The normalized spacial score (nSPS) is 15.9. The van der Waals surface area contributed by atoms with Gasteiger partial charge in [0.25, 0.3) is 5.91 Å². The number of amides is 1. The average Bonchev–Trinajstić information content (AvgIpc) is 3.24. The lowest BCUT2D eigenvalue weighted by atomic mass is 9.91. The molecule has 1 atom stereocenters. The average molecular weight is 335 g/mol. The lowest BCUT2D eigenvalue weighted by Gasteiger charge is -2.25. The number of hydrogen-bond donors (Lipinski definition) is 2. The third-order valence-electron chi connectivity index (χ3n) is 4.43. The zero-order valence-corrected chi connectivity index (χ0v) is 13.9. The minimum Gasteiger partial charge on any atom is -0.467 e. The first-order valence-corrected chi connectivity index (χ1v) is 7.91. The van der Waals surface area contributed by atoms with Crippen LogP contribution in [0.5, 0.6) is 0 Å². The number of carbonyl (C=O) groups excluding carboxylic acids is 1. The highest BCUT2D eigenvalue weighted by atomic mass is 35.5. The molecule has 3 rings (SSSR count). The van der Waals surface area contributed by atoms with Crippen LogP contribution in [0, 0.1) is 5.92 Å². The molecule has 0 aliphatic heterocycles. The van der Waals surface area contributed by atoms with Gasteiger partial charge >= 0.3 is 0 Å². The van der Waals surface area contributed by atoms with Crippen molar-refractivity contribution in [3.8, 4) is 0 Å². The van der Waals surface area contributed by atoms with Crippen molar-refractivity contribution in [2.24, 2.45) is 11.7 Å². The minimum atomic E-state index is -0.0933. The number of rotatable bonds is 5. The summed E-state index contributed by atoms with van der Waals surface area (Å²) in [4.78, 5) is 12.5. The summed E-state index contributed by atoms with van der Waals surface area (Å²) in [6.07, 6.45) is 6.30. The van der Waals surface area contributed by atoms with Crippen molar-refractivity contribution in [2.75, 3.05) is 0 Å². The third kappa shape index (κ3) is 4.15. The van der Waals surface area contributed by atoms with Gasteiger partial charge in [0, 0.05) is 0 Å². The Hall–Kier alpha value is -1.78. The smallest absolute Gasteiger partial charge is 0.255 e. The zero-order valence-electron chi connectivity index (χ0n) is 13.0. The summed E-state index contributed by atoms with van der Waals surface area (Å²) in [6.45, 7) is 0.304. The zero-order chi connectivity index (χ0) is 15.4. The van der Waals surface area contributed by atoms with Crippen molar-refractivity contribution in [1.82, 2.24) is 5.32 Å². The minimum absolute atomic E-state index is 0. The Morgan fingerprint density at radius 1 is 1.26 bits per heavy atom. The highest BCUT2D eigenvalue weighted by Gasteiger charge is 2.28. The third-order valence-corrected chi connectivity index (χ3v) is 4.43. The topological polar surface area (TPSA) is 68.3 Å². The Labute approximate surface area is 142 Å². The van der Waals surface area contributed by atoms with Gasteiger partial charge in [-0.2, -0.15) is 0 Å². The molecular weight excluding hydrogens is 312 g/mol. The predicted octanol–water partition coefficient (Wildman–Crippen LogP) is 3.82. The summed E-state index contributed by atoms with van der Waals surface area (Å²) in [5, 5.41) is 3.19. The van der Waals surface area contributed by atoms with Crippen LogP contribution in [0.2, 0.25) is 0 Å². The Kier molecular flexibility index (Phi) is 6.25. The largest absolute Gasteiger partial charge is 0.467 e. The maximum Gasteiger partial charge on any atom is 0.255 e. The van der Waals surface area contributed by atoms with Crippen LogP contribution in [0.15, 0.2) is 47.1 Å². The summed E-state index contributed by atoms with van der Waals surface area (Å²) in [7, 11) is 0. The van der Waals surface area contributed by atoms with E-state index < -0.39 is 0 Å². The van der Waals surface area contributed by atoms with Gasteiger partial charge in [0.2, 0.25) is 0 Å². The second-order valence-electron chi connectivity index (χ2n) is 5.91. The van der Waals surface area contributed by atoms with Crippen LogP contribution < -0.4 is 11.1 Å². The first-order valence-electron chi connectivity index (χ1n) is 7.91. The van der Waals surface area contributed by atoms with Gasteiger partial charge in [0.15, 0.2) is 0 Å². The Morgan fingerprint density at radius 3 is 2.57 bits per heavy atom. The second kappa shape index (κ2) is 8.18. The van der Waals surface area contributed by atoms with Crippen molar-refractivity contribution in [2.45, 2.75) is 38.3 Å². The van der Waals surface area contributed by atoms with Crippen molar-refractivity contribution in [3.05, 3.63) is 59.5 Å². The van der Waals surface area contributed by atoms with Crippen molar-refractivity contribution in [3.63, 3.8) is 0 Å². The molecule has 0 radical (unpaired) electrons. The molecule has 1 aromatic carbocycles. The summed E-state index contributed by atoms with van der Waals surface area (Å²) in [6, 6.07) is 12.0. The van der Waals surface area contributed by atoms with Crippen LogP contribution >= 0.6 is 12.4 Å². The monoisotopic (exact) mass is 334 g/mol. The van der Waals surface area contributed by atoms with Gasteiger partial charge in [-0.1, -0.05) is 43.2 Å². The quantitative estimate of drug-likeness (QED) is 0.873. The first kappa shape index (κ1) is 17.6. The van der Waals surface area contributed by atoms with Gasteiger partial charge in [-0.05, 0) is 30.4 Å². The number of benzene rings is 1. The molecule has 1 aliphatic carbocycles. The van der Waals surface area contributed by atoms with Crippen molar-refractivity contribution >= 4 is 18.3 Å². The maximum atomic E-state index is 12.5. The van der Waals surface area contributed by atoms with Crippen LogP contribution in [-0.4, -0.2) is 5.91 Å². The molecule has 23 heavy (non-hydrogen) atoms. The summed E-state index contributed by atoms with van der Waals surface area (Å²) in [5.41, 5.74) is 7.24. The van der Waals surface area contributed by atoms with Crippen molar-refractivity contribution < 1.29 is 9.21 Å². The van der Waals surface area contributed by atoms with Crippen LogP contribution in [-0.2, 0) is 6.54 Å². The fraction of sp³-hybridized carbons (Fsp3) is 0.389. The fourth-order valence-electron chi connectivity index (χ4n) is 3.26. The van der Waals surface area contributed by atoms with Gasteiger partial charge in [-0.25, -0.2) is 0 Å².